The lowest BCUT2D eigenvalue weighted by Crippen LogP contribution is -2.49. The van der Waals surface area contributed by atoms with Crippen LogP contribution < -0.4 is 19.5 Å². The average Bonchev–Trinajstić information content (AvgIpc) is 2.86. The zero-order valence-corrected chi connectivity index (χ0v) is 21.3. The molecule has 1 atom stereocenters. The Hall–Kier alpha value is -4.63. The molecule has 0 heterocycles. The first-order valence-corrected chi connectivity index (χ1v) is 12.8. The number of benzene rings is 3. The van der Waals surface area contributed by atoms with Crippen LogP contribution in [0.2, 0.25) is 0 Å². The van der Waals surface area contributed by atoms with Gasteiger partial charge in [0.1, 0.15) is 17.3 Å². The third-order valence-corrected chi connectivity index (χ3v) is 6.35. The van der Waals surface area contributed by atoms with E-state index in [-0.39, 0.29) is 34.9 Å². The standard InChI is InChI=1S/C25H18F7N3O4S/c1-25(13-34,35-24(36)16-4-6-18(7-5-16)40(28,29,30,31)32)14-38-22-9-15(12-33)3-8-21(22)39-17-10-19(26)23(37-2)20(27)11-17/h3-11H,14H2,1-2H3,(H,35,36). The first-order valence-electron chi connectivity index (χ1n) is 10.8. The van der Waals surface area contributed by atoms with Gasteiger partial charge in [0, 0.05) is 23.8 Å². The highest BCUT2D eigenvalue weighted by Gasteiger charge is 2.65. The Balaban J connectivity index is 1.81. The number of nitrogens with zero attached hydrogens (tertiary/aromatic N) is 2. The Bertz CT molecular complexity index is 1530. The van der Waals surface area contributed by atoms with Crippen molar-refractivity contribution in [3.8, 4) is 35.1 Å². The molecule has 3 aromatic rings. The molecule has 3 aromatic carbocycles. The van der Waals surface area contributed by atoms with Crippen LogP contribution in [0.5, 0.6) is 23.0 Å². The van der Waals surface area contributed by atoms with E-state index in [9.17, 15) is 43.5 Å². The number of ether oxygens (including phenoxy) is 3. The van der Waals surface area contributed by atoms with Crippen LogP contribution in [0.3, 0.4) is 0 Å². The lowest BCUT2D eigenvalue weighted by molar-refractivity contribution is 0.0900. The molecule has 0 aliphatic carbocycles. The van der Waals surface area contributed by atoms with Crippen molar-refractivity contribution in [2.24, 2.45) is 0 Å². The number of nitrogens with one attached hydrogen (secondary N) is 1. The summed E-state index contributed by atoms with van der Waals surface area (Å²) >= 11 is 0. The molecular weight excluding hydrogens is 571 g/mol. The molecule has 3 rings (SSSR count). The van der Waals surface area contributed by atoms with E-state index in [2.05, 4.69) is 10.1 Å². The van der Waals surface area contributed by atoms with E-state index < -0.39 is 56.1 Å². The number of amides is 1. The summed E-state index contributed by atoms with van der Waals surface area (Å²) in [6.07, 6.45) is 0. The molecule has 0 aliphatic rings. The van der Waals surface area contributed by atoms with E-state index in [4.69, 9.17) is 9.47 Å². The van der Waals surface area contributed by atoms with Gasteiger partial charge in [-0.3, -0.25) is 4.79 Å². The van der Waals surface area contributed by atoms with E-state index >= 15 is 0 Å². The fourth-order valence-electron chi connectivity index (χ4n) is 3.20. The van der Waals surface area contributed by atoms with E-state index in [1.165, 1.54) is 25.1 Å². The fourth-order valence-corrected chi connectivity index (χ4v) is 3.85. The van der Waals surface area contributed by atoms with Crippen molar-refractivity contribution < 1.29 is 47.2 Å². The van der Waals surface area contributed by atoms with Gasteiger partial charge in [0.2, 0.25) is 0 Å². The summed E-state index contributed by atoms with van der Waals surface area (Å²) in [5, 5.41) is 21.1. The third kappa shape index (κ3) is 7.06. The molecular formula is C25H18F7N3O4S. The molecule has 0 saturated heterocycles. The molecule has 212 valence electrons. The maximum Gasteiger partial charge on any atom is 0.310 e. The molecule has 7 nitrogen and oxygen atoms in total. The van der Waals surface area contributed by atoms with Crippen molar-refractivity contribution in [1.29, 1.82) is 10.5 Å². The van der Waals surface area contributed by atoms with Gasteiger partial charge in [-0.15, -0.1) is 0 Å². The molecule has 0 saturated carbocycles. The predicted octanol–water partition coefficient (Wildman–Crippen LogP) is 7.39. The van der Waals surface area contributed by atoms with Gasteiger partial charge in [-0.25, -0.2) is 8.78 Å². The Labute approximate surface area is 223 Å². The average molecular weight is 589 g/mol. The molecule has 0 fully saturated rings. The third-order valence-electron chi connectivity index (χ3n) is 5.19. The minimum Gasteiger partial charge on any atom is -0.491 e. The van der Waals surface area contributed by atoms with Crippen LogP contribution in [0.15, 0.2) is 59.5 Å². The van der Waals surface area contributed by atoms with Crippen LogP contribution >= 0.6 is 10.2 Å². The van der Waals surface area contributed by atoms with Crippen LogP contribution in [0, 0.1) is 34.3 Å². The highest BCUT2D eigenvalue weighted by atomic mass is 32.5. The van der Waals surface area contributed by atoms with E-state index in [1.807, 2.05) is 6.07 Å². The molecule has 40 heavy (non-hydrogen) atoms. The second-order valence-electron chi connectivity index (χ2n) is 8.48. The van der Waals surface area contributed by atoms with Gasteiger partial charge in [-0.2, -0.15) is 10.5 Å². The Morgan fingerprint density at radius 1 is 0.950 bits per heavy atom. The monoisotopic (exact) mass is 589 g/mol. The van der Waals surface area contributed by atoms with Crippen molar-refractivity contribution in [2.45, 2.75) is 17.4 Å². The number of nitriles is 2. The summed E-state index contributed by atoms with van der Waals surface area (Å²) in [6.45, 7) is 0.576. The summed E-state index contributed by atoms with van der Waals surface area (Å²) in [4.78, 5) is 10.4. The Morgan fingerprint density at radius 3 is 2.05 bits per heavy atom. The first kappa shape index (κ1) is 29.9. The molecule has 1 amide bonds. The summed E-state index contributed by atoms with van der Waals surface area (Å²) in [6, 6.07) is 10.1. The molecule has 0 bridgehead atoms. The zero-order chi connectivity index (χ0) is 30.0. The second-order valence-corrected chi connectivity index (χ2v) is 10.9. The predicted molar refractivity (Wildman–Crippen MR) is 129 cm³/mol. The van der Waals surface area contributed by atoms with Crippen molar-refractivity contribution >= 4 is 16.1 Å². The number of halogens is 7. The number of carbonyl (C=O) groups is 1. The molecule has 0 aliphatic heterocycles. The van der Waals surface area contributed by atoms with Crippen molar-refractivity contribution in [2.75, 3.05) is 13.7 Å². The number of hydrogen-bond acceptors (Lipinski definition) is 6. The maximum atomic E-state index is 14.1. The summed E-state index contributed by atoms with van der Waals surface area (Å²) in [7, 11) is -8.88. The lowest BCUT2D eigenvalue weighted by atomic mass is 10.0. The molecule has 0 aromatic heterocycles. The quantitative estimate of drug-likeness (QED) is 0.261. The summed E-state index contributed by atoms with van der Waals surface area (Å²) < 4.78 is 108. The largest absolute Gasteiger partial charge is 0.491 e. The number of methoxy groups -OCH3 is 1. The van der Waals surface area contributed by atoms with Gasteiger partial charge in [-0.05, 0) is 43.3 Å². The lowest BCUT2D eigenvalue weighted by Gasteiger charge is -2.40. The van der Waals surface area contributed by atoms with Gasteiger partial charge in [0.25, 0.3) is 5.91 Å². The normalized spacial score (nSPS) is 14.4. The second kappa shape index (κ2) is 9.84. The van der Waals surface area contributed by atoms with Crippen molar-refractivity contribution in [3.05, 3.63) is 77.4 Å². The zero-order valence-electron chi connectivity index (χ0n) is 20.5. The Kier molecular flexibility index (Phi) is 7.36. The molecule has 1 N–H and O–H groups in total. The minimum absolute atomic E-state index is 0.0541. The Morgan fingerprint density at radius 2 is 1.55 bits per heavy atom. The van der Waals surface area contributed by atoms with Gasteiger partial charge in [-0.1, -0.05) is 19.4 Å². The molecule has 0 spiro atoms. The van der Waals surface area contributed by atoms with Crippen LogP contribution in [-0.4, -0.2) is 25.2 Å². The van der Waals surface area contributed by atoms with E-state index in [0.717, 1.165) is 19.2 Å². The van der Waals surface area contributed by atoms with Crippen molar-refractivity contribution in [1.82, 2.24) is 5.32 Å². The topological polar surface area (TPSA) is 104 Å². The SMILES string of the molecule is COc1c(F)cc(Oc2ccc(C#N)cc2OCC(C)(C#N)NC(=O)c2ccc(S(F)(F)(F)(F)F)cc2)cc1F. The van der Waals surface area contributed by atoms with E-state index in [1.54, 1.807) is 6.07 Å². The van der Waals surface area contributed by atoms with E-state index in [0.29, 0.717) is 12.1 Å². The van der Waals surface area contributed by atoms with Crippen molar-refractivity contribution in [3.63, 3.8) is 0 Å². The number of hydrogen-bond donors (Lipinski definition) is 1. The van der Waals surface area contributed by atoms with Gasteiger partial charge in [0.05, 0.1) is 24.8 Å². The molecule has 15 heteroatoms. The fraction of sp³-hybridized carbons (Fsp3) is 0.160. The highest BCUT2D eigenvalue weighted by Crippen LogP contribution is 3.02. The maximum absolute atomic E-state index is 14.1. The summed E-state index contributed by atoms with van der Waals surface area (Å²) in [5.74, 6) is -4.48. The van der Waals surface area contributed by atoms with Crippen LogP contribution in [0.4, 0.5) is 28.2 Å². The number of carbonyl (C=O) groups excluding carboxylic acids is 1. The molecule has 0 radical (unpaired) electrons. The van der Waals surface area contributed by atoms with Gasteiger partial charge in [0.15, 0.2) is 34.4 Å². The van der Waals surface area contributed by atoms with Crippen LogP contribution in [0.1, 0.15) is 22.8 Å². The smallest absolute Gasteiger partial charge is 0.310 e. The van der Waals surface area contributed by atoms with Crippen LogP contribution in [-0.2, 0) is 0 Å². The van der Waals surface area contributed by atoms with Crippen LogP contribution in [0.25, 0.3) is 0 Å². The summed E-state index contributed by atoms with van der Waals surface area (Å²) in [5.41, 5.74) is -2.22. The van der Waals surface area contributed by atoms with Gasteiger partial charge >= 0.3 is 10.2 Å². The number of rotatable bonds is 9. The highest BCUT2D eigenvalue weighted by molar-refractivity contribution is 8.45. The minimum atomic E-state index is -9.95. The molecule has 1 unspecified atom stereocenters. The van der Waals surface area contributed by atoms with Gasteiger partial charge < -0.3 is 19.5 Å². The first-order chi connectivity index (χ1) is 18.4.